The van der Waals surface area contributed by atoms with E-state index in [9.17, 15) is 0 Å². The molecule has 2 aromatic carbocycles. The Hall–Kier alpha value is -1.12. The molecule has 0 spiro atoms. The molecule has 0 heterocycles. The van der Waals surface area contributed by atoms with Crippen molar-refractivity contribution >= 4 is 15.9 Å². The second kappa shape index (κ2) is 6.36. The van der Waals surface area contributed by atoms with E-state index in [1.165, 1.54) is 22.3 Å². The van der Waals surface area contributed by atoms with Crippen LogP contribution in [-0.4, -0.2) is 7.05 Å². The Kier molecular flexibility index (Phi) is 4.78. The normalized spacial score (nSPS) is 12.4. The Morgan fingerprint density at radius 2 is 1.79 bits per heavy atom. The average Bonchev–Trinajstić information content (AvgIpc) is 2.44. The zero-order chi connectivity index (χ0) is 13.8. The van der Waals surface area contributed by atoms with Gasteiger partial charge >= 0.3 is 0 Å². The van der Waals surface area contributed by atoms with Crippen molar-refractivity contribution in [1.82, 2.24) is 5.32 Å². The van der Waals surface area contributed by atoms with Crippen molar-refractivity contribution < 1.29 is 0 Å². The lowest BCUT2D eigenvalue weighted by Gasteiger charge is -2.20. The van der Waals surface area contributed by atoms with Crippen LogP contribution in [0.25, 0.3) is 0 Å². The van der Waals surface area contributed by atoms with Crippen LogP contribution in [-0.2, 0) is 6.42 Å². The van der Waals surface area contributed by atoms with Crippen LogP contribution in [0.1, 0.15) is 35.2 Å². The van der Waals surface area contributed by atoms with Gasteiger partial charge in [-0.3, -0.25) is 0 Å². The van der Waals surface area contributed by atoms with Gasteiger partial charge in [-0.15, -0.1) is 0 Å². The highest BCUT2D eigenvalue weighted by atomic mass is 79.9. The third-order valence-electron chi connectivity index (χ3n) is 3.56. The topological polar surface area (TPSA) is 12.0 Å². The smallest absolute Gasteiger partial charge is 0.0577 e. The van der Waals surface area contributed by atoms with E-state index < -0.39 is 0 Å². The van der Waals surface area contributed by atoms with Crippen LogP contribution in [0, 0.1) is 6.92 Å². The first-order chi connectivity index (χ1) is 9.15. The summed E-state index contributed by atoms with van der Waals surface area (Å²) in [5.74, 6) is 0. The Labute approximate surface area is 124 Å². The maximum Gasteiger partial charge on any atom is 0.0577 e. The lowest BCUT2D eigenvalue weighted by Crippen LogP contribution is -2.18. The Bertz CT molecular complexity index is 546. The van der Waals surface area contributed by atoms with E-state index >= 15 is 0 Å². The molecule has 1 atom stereocenters. The number of hydrogen-bond acceptors (Lipinski definition) is 1. The summed E-state index contributed by atoms with van der Waals surface area (Å²) in [5, 5.41) is 3.42. The fourth-order valence-electron chi connectivity index (χ4n) is 2.37. The van der Waals surface area contributed by atoms with Gasteiger partial charge < -0.3 is 5.32 Å². The minimum atomic E-state index is 0.239. The van der Waals surface area contributed by atoms with Crippen LogP contribution in [0.4, 0.5) is 0 Å². The summed E-state index contributed by atoms with van der Waals surface area (Å²) in [6.07, 6.45) is 1.08. The zero-order valence-electron chi connectivity index (χ0n) is 11.7. The lowest BCUT2D eigenvalue weighted by molar-refractivity contribution is 0.687. The van der Waals surface area contributed by atoms with Crippen LogP contribution >= 0.6 is 15.9 Å². The lowest BCUT2D eigenvalue weighted by atomic mass is 9.94. The predicted molar refractivity (Wildman–Crippen MR) is 85.6 cm³/mol. The molecule has 1 N–H and O–H groups in total. The van der Waals surface area contributed by atoms with Crippen molar-refractivity contribution in [2.45, 2.75) is 26.3 Å². The molecule has 0 saturated carbocycles. The molecule has 0 bridgehead atoms. The highest BCUT2D eigenvalue weighted by Gasteiger charge is 2.14. The summed E-state index contributed by atoms with van der Waals surface area (Å²) >= 11 is 3.56. The third-order valence-corrected chi connectivity index (χ3v) is 4.06. The van der Waals surface area contributed by atoms with Gasteiger partial charge in [0.25, 0.3) is 0 Å². The molecule has 19 heavy (non-hydrogen) atoms. The van der Waals surface area contributed by atoms with Gasteiger partial charge in [0.15, 0.2) is 0 Å². The molecule has 2 heteroatoms. The largest absolute Gasteiger partial charge is 0.309 e. The molecule has 0 aliphatic carbocycles. The van der Waals surface area contributed by atoms with Crippen molar-refractivity contribution in [3.8, 4) is 0 Å². The summed E-state index contributed by atoms with van der Waals surface area (Å²) in [5.41, 5.74) is 5.31. The highest BCUT2D eigenvalue weighted by Crippen LogP contribution is 2.27. The number of hydrogen-bond donors (Lipinski definition) is 1. The van der Waals surface area contributed by atoms with E-state index in [2.05, 4.69) is 77.6 Å². The standard InChI is InChI=1S/C17H20BrN/c1-4-13-6-8-14(9-7-13)17(19-3)16-11-15(18)10-5-12(16)2/h5-11,17,19H,4H2,1-3H3. The van der Waals surface area contributed by atoms with Crippen LogP contribution in [0.15, 0.2) is 46.9 Å². The Morgan fingerprint density at radius 1 is 1.11 bits per heavy atom. The summed E-state index contributed by atoms with van der Waals surface area (Å²) in [6.45, 7) is 4.34. The molecule has 1 unspecified atom stereocenters. The van der Waals surface area contributed by atoms with Gasteiger partial charge in [0.2, 0.25) is 0 Å². The van der Waals surface area contributed by atoms with Crippen molar-refractivity contribution in [1.29, 1.82) is 0 Å². The summed E-state index contributed by atoms with van der Waals surface area (Å²) < 4.78 is 1.12. The molecule has 0 fully saturated rings. The molecule has 2 rings (SSSR count). The number of rotatable bonds is 4. The van der Waals surface area contributed by atoms with Gasteiger partial charge in [-0.1, -0.05) is 53.2 Å². The average molecular weight is 318 g/mol. The van der Waals surface area contributed by atoms with Crippen molar-refractivity contribution in [3.05, 3.63) is 69.2 Å². The van der Waals surface area contributed by atoms with E-state index in [1.54, 1.807) is 0 Å². The molecule has 1 nitrogen and oxygen atoms in total. The summed E-state index contributed by atoms with van der Waals surface area (Å²) in [6, 6.07) is 15.6. The summed E-state index contributed by atoms with van der Waals surface area (Å²) in [7, 11) is 2.01. The highest BCUT2D eigenvalue weighted by molar-refractivity contribution is 9.10. The molecule has 2 aromatic rings. The molecular weight excluding hydrogens is 298 g/mol. The molecule has 0 aliphatic rings. The minimum absolute atomic E-state index is 0.239. The first-order valence-electron chi connectivity index (χ1n) is 6.68. The number of halogens is 1. The van der Waals surface area contributed by atoms with E-state index in [0.29, 0.717) is 0 Å². The van der Waals surface area contributed by atoms with Gasteiger partial charge in [0, 0.05) is 4.47 Å². The maximum absolute atomic E-state index is 3.56. The van der Waals surface area contributed by atoms with Gasteiger partial charge in [0.1, 0.15) is 0 Å². The van der Waals surface area contributed by atoms with E-state index in [1.807, 2.05) is 7.05 Å². The molecule has 0 aromatic heterocycles. The second-order valence-electron chi connectivity index (χ2n) is 4.82. The van der Waals surface area contributed by atoms with Gasteiger partial charge in [-0.25, -0.2) is 0 Å². The number of benzene rings is 2. The fraction of sp³-hybridized carbons (Fsp3) is 0.294. The van der Waals surface area contributed by atoms with E-state index in [-0.39, 0.29) is 6.04 Å². The molecule has 0 aliphatic heterocycles. The summed E-state index contributed by atoms with van der Waals surface area (Å²) in [4.78, 5) is 0. The van der Waals surface area contributed by atoms with E-state index in [4.69, 9.17) is 0 Å². The third kappa shape index (κ3) is 3.26. The van der Waals surface area contributed by atoms with Crippen LogP contribution in [0.3, 0.4) is 0 Å². The van der Waals surface area contributed by atoms with Crippen molar-refractivity contribution in [2.75, 3.05) is 7.05 Å². The van der Waals surface area contributed by atoms with Gasteiger partial charge in [0.05, 0.1) is 6.04 Å². The number of aryl methyl sites for hydroxylation is 2. The first-order valence-corrected chi connectivity index (χ1v) is 7.47. The van der Waals surface area contributed by atoms with Crippen LogP contribution in [0.2, 0.25) is 0 Å². The SMILES string of the molecule is CCc1ccc(C(NC)c2cc(Br)ccc2C)cc1. The van der Waals surface area contributed by atoms with Gasteiger partial charge in [-0.05, 0) is 54.8 Å². The molecular formula is C17H20BrN. The Balaban J connectivity index is 2.40. The number of nitrogens with one attached hydrogen (secondary N) is 1. The van der Waals surface area contributed by atoms with Gasteiger partial charge in [-0.2, -0.15) is 0 Å². The second-order valence-corrected chi connectivity index (χ2v) is 5.73. The van der Waals surface area contributed by atoms with Crippen LogP contribution < -0.4 is 5.32 Å². The van der Waals surface area contributed by atoms with Crippen LogP contribution in [0.5, 0.6) is 0 Å². The van der Waals surface area contributed by atoms with Crippen molar-refractivity contribution in [2.24, 2.45) is 0 Å². The predicted octanol–water partition coefficient (Wildman–Crippen LogP) is 4.63. The minimum Gasteiger partial charge on any atom is -0.309 e. The quantitative estimate of drug-likeness (QED) is 0.867. The first kappa shape index (κ1) is 14.3. The Morgan fingerprint density at radius 3 is 2.37 bits per heavy atom. The molecule has 100 valence electrons. The molecule has 0 saturated heterocycles. The maximum atomic E-state index is 3.56. The monoisotopic (exact) mass is 317 g/mol. The fourth-order valence-corrected chi connectivity index (χ4v) is 2.75. The van der Waals surface area contributed by atoms with Crippen molar-refractivity contribution in [3.63, 3.8) is 0 Å². The molecule has 0 radical (unpaired) electrons. The molecule has 0 amide bonds. The van der Waals surface area contributed by atoms with E-state index in [0.717, 1.165) is 10.9 Å². The zero-order valence-corrected chi connectivity index (χ0v) is 13.3.